The SMILES string of the molecule is CC(C)(C)OC(=O)N[C@@H](Cc1ccccc1)C(=O)N(C1C2CC3CC(C2)CC1C3)C(C)(Cc1c[nH]c2ccccc12)C(N)=O. The van der Waals surface area contributed by atoms with Crippen LogP contribution in [0.1, 0.15) is 70.9 Å². The average molecular weight is 599 g/mol. The minimum Gasteiger partial charge on any atom is -0.444 e. The predicted octanol–water partition coefficient (Wildman–Crippen LogP) is 5.74. The van der Waals surface area contributed by atoms with Crippen LogP contribution in [-0.4, -0.2) is 51.0 Å². The molecule has 4 saturated carbocycles. The maximum atomic E-state index is 15.2. The number of aromatic amines is 1. The number of primary amides is 1. The van der Waals surface area contributed by atoms with Gasteiger partial charge < -0.3 is 25.7 Å². The molecule has 4 aliphatic rings. The van der Waals surface area contributed by atoms with Gasteiger partial charge in [-0.3, -0.25) is 9.59 Å². The van der Waals surface area contributed by atoms with Crippen LogP contribution in [-0.2, 0) is 27.2 Å². The molecule has 44 heavy (non-hydrogen) atoms. The molecule has 4 fully saturated rings. The molecule has 2 atom stereocenters. The second-order valence-corrected chi connectivity index (χ2v) is 14.7. The minimum absolute atomic E-state index is 0.128. The van der Waals surface area contributed by atoms with Crippen molar-refractivity contribution in [2.24, 2.45) is 29.4 Å². The van der Waals surface area contributed by atoms with Gasteiger partial charge in [0.25, 0.3) is 0 Å². The lowest BCUT2D eigenvalue weighted by atomic mass is 9.53. The largest absolute Gasteiger partial charge is 0.444 e. The van der Waals surface area contributed by atoms with Crippen LogP contribution in [0.4, 0.5) is 4.79 Å². The van der Waals surface area contributed by atoms with Gasteiger partial charge in [0.05, 0.1) is 0 Å². The summed E-state index contributed by atoms with van der Waals surface area (Å²) in [5.74, 6) is 1.14. The number of hydrogen-bond donors (Lipinski definition) is 3. The van der Waals surface area contributed by atoms with Crippen molar-refractivity contribution in [3.63, 3.8) is 0 Å². The first-order valence-corrected chi connectivity index (χ1v) is 16.1. The zero-order valence-corrected chi connectivity index (χ0v) is 26.3. The highest BCUT2D eigenvalue weighted by Gasteiger charge is 2.56. The summed E-state index contributed by atoms with van der Waals surface area (Å²) < 4.78 is 5.63. The highest BCUT2D eigenvalue weighted by atomic mass is 16.6. The Hall–Kier alpha value is -3.81. The molecule has 8 nitrogen and oxygen atoms in total. The van der Waals surface area contributed by atoms with Crippen LogP contribution in [0, 0.1) is 23.7 Å². The monoisotopic (exact) mass is 598 g/mol. The number of rotatable bonds is 9. The van der Waals surface area contributed by atoms with Crippen LogP contribution in [0.5, 0.6) is 0 Å². The number of H-pyrrole nitrogens is 1. The summed E-state index contributed by atoms with van der Waals surface area (Å²) in [6.07, 6.45) is 7.32. The zero-order chi connectivity index (χ0) is 31.2. The molecule has 3 aromatic rings. The third kappa shape index (κ3) is 5.95. The molecule has 0 aliphatic heterocycles. The van der Waals surface area contributed by atoms with Gasteiger partial charge >= 0.3 is 6.09 Å². The molecule has 0 spiro atoms. The number of fused-ring (bicyclic) bond motifs is 1. The molecule has 0 radical (unpaired) electrons. The van der Waals surface area contributed by atoms with E-state index in [1.54, 1.807) is 20.8 Å². The fraction of sp³-hybridized carbons (Fsp3) is 0.528. The molecule has 8 heteroatoms. The number of nitrogens with zero attached hydrogens (tertiary/aromatic N) is 1. The third-order valence-electron chi connectivity index (χ3n) is 10.3. The number of benzene rings is 2. The van der Waals surface area contributed by atoms with Gasteiger partial charge in [0.1, 0.15) is 17.2 Å². The van der Waals surface area contributed by atoms with E-state index in [1.165, 1.54) is 6.42 Å². The predicted molar refractivity (Wildman–Crippen MR) is 171 cm³/mol. The molecule has 7 rings (SSSR count). The number of para-hydroxylation sites is 1. The van der Waals surface area contributed by atoms with E-state index in [0.29, 0.717) is 23.7 Å². The highest BCUT2D eigenvalue weighted by molar-refractivity contribution is 5.95. The fourth-order valence-corrected chi connectivity index (χ4v) is 8.64. The Morgan fingerprint density at radius 1 is 0.932 bits per heavy atom. The average Bonchev–Trinajstić information content (AvgIpc) is 3.35. The van der Waals surface area contributed by atoms with E-state index in [-0.39, 0.29) is 24.8 Å². The number of alkyl carbamates (subject to hydrolysis) is 1. The Kier molecular flexibility index (Phi) is 7.97. The van der Waals surface area contributed by atoms with Gasteiger partial charge in [-0.1, -0.05) is 48.5 Å². The van der Waals surface area contributed by atoms with Crippen molar-refractivity contribution >= 4 is 28.8 Å². The van der Waals surface area contributed by atoms with E-state index in [9.17, 15) is 9.59 Å². The van der Waals surface area contributed by atoms with E-state index in [1.807, 2.05) is 72.6 Å². The van der Waals surface area contributed by atoms with Crippen molar-refractivity contribution in [1.29, 1.82) is 0 Å². The van der Waals surface area contributed by atoms with E-state index < -0.39 is 29.2 Å². The van der Waals surface area contributed by atoms with Gasteiger partial charge in [-0.2, -0.15) is 0 Å². The lowest BCUT2D eigenvalue weighted by Gasteiger charge is -2.60. The molecule has 0 saturated heterocycles. The highest BCUT2D eigenvalue weighted by Crippen LogP contribution is 2.56. The lowest BCUT2D eigenvalue weighted by Crippen LogP contribution is -2.70. The molecule has 1 unspecified atom stereocenters. The molecule has 1 aromatic heterocycles. The van der Waals surface area contributed by atoms with Crippen molar-refractivity contribution in [3.8, 4) is 0 Å². The van der Waals surface area contributed by atoms with Crippen molar-refractivity contribution < 1.29 is 19.1 Å². The van der Waals surface area contributed by atoms with Gasteiger partial charge in [0, 0.05) is 36.0 Å². The molecule has 4 N–H and O–H groups in total. The van der Waals surface area contributed by atoms with E-state index in [4.69, 9.17) is 10.5 Å². The topological polar surface area (TPSA) is 118 Å². The molecule has 2 aromatic carbocycles. The zero-order valence-electron chi connectivity index (χ0n) is 26.3. The van der Waals surface area contributed by atoms with E-state index in [0.717, 1.165) is 47.7 Å². The second kappa shape index (κ2) is 11.6. The lowest BCUT2D eigenvalue weighted by molar-refractivity contribution is -0.164. The van der Waals surface area contributed by atoms with Crippen molar-refractivity contribution in [1.82, 2.24) is 15.2 Å². The van der Waals surface area contributed by atoms with Crippen molar-refractivity contribution in [2.45, 2.75) is 95.9 Å². The summed E-state index contributed by atoms with van der Waals surface area (Å²) in [6.45, 7) is 7.22. The molecule has 1 heterocycles. The Morgan fingerprint density at radius 2 is 1.55 bits per heavy atom. The Morgan fingerprint density at radius 3 is 2.16 bits per heavy atom. The third-order valence-corrected chi connectivity index (χ3v) is 10.3. The standard InChI is InChI=1S/C36H46N4O4/c1-35(2,3)44-34(43)39-30(19-22-10-6-5-7-11-22)32(41)40(31-25-15-23-14-24(17-25)18-26(31)16-23)36(4,33(37)42)20-27-21-38-29-13-9-8-12-28(27)29/h5-13,21,23-26,30-31,38H,14-20H2,1-4H3,(H2,37,42)(H,39,43)/t23?,24?,25?,26?,30-,31?,36?/m0/s1. The maximum Gasteiger partial charge on any atom is 0.408 e. The van der Waals surface area contributed by atoms with Gasteiger partial charge in [-0.25, -0.2) is 4.79 Å². The van der Waals surface area contributed by atoms with Crippen LogP contribution < -0.4 is 11.1 Å². The molecule has 234 valence electrons. The summed E-state index contributed by atoms with van der Waals surface area (Å²) in [6, 6.07) is 16.6. The van der Waals surface area contributed by atoms with Gasteiger partial charge in [-0.15, -0.1) is 0 Å². The normalized spacial score (nSPS) is 26.1. The minimum atomic E-state index is -1.33. The van der Waals surface area contributed by atoms with Gasteiger partial charge in [0.15, 0.2) is 0 Å². The summed E-state index contributed by atoms with van der Waals surface area (Å²) in [4.78, 5) is 47.3. The van der Waals surface area contributed by atoms with Crippen LogP contribution in [0.2, 0.25) is 0 Å². The number of aromatic nitrogens is 1. The molecular weight excluding hydrogens is 552 g/mol. The first kappa shape index (κ1) is 30.2. The van der Waals surface area contributed by atoms with Crippen molar-refractivity contribution in [3.05, 3.63) is 71.9 Å². The number of nitrogens with two attached hydrogens (primary N) is 1. The first-order valence-electron chi connectivity index (χ1n) is 16.1. The molecule has 3 amide bonds. The Bertz CT molecular complexity index is 1500. The Labute approximate surface area is 260 Å². The first-order chi connectivity index (χ1) is 20.9. The molecule has 4 bridgehead atoms. The smallest absolute Gasteiger partial charge is 0.408 e. The summed E-state index contributed by atoms with van der Waals surface area (Å²) >= 11 is 0. The quantitative estimate of drug-likeness (QED) is 0.291. The Balaban J connectivity index is 1.43. The summed E-state index contributed by atoms with van der Waals surface area (Å²) in [5, 5.41) is 3.92. The number of nitrogens with one attached hydrogen (secondary N) is 2. The van der Waals surface area contributed by atoms with Crippen molar-refractivity contribution in [2.75, 3.05) is 0 Å². The number of hydrogen-bond acceptors (Lipinski definition) is 4. The van der Waals surface area contributed by atoms with Crippen LogP contribution >= 0.6 is 0 Å². The van der Waals surface area contributed by atoms with E-state index >= 15 is 4.79 Å². The van der Waals surface area contributed by atoms with E-state index in [2.05, 4.69) is 10.3 Å². The summed E-state index contributed by atoms with van der Waals surface area (Å²) in [7, 11) is 0. The number of ether oxygens (including phenoxy) is 1. The number of carbonyl (C=O) groups is 3. The molecular formula is C36H46N4O4. The van der Waals surface area contributed by atoms with Gasteiger partial charge in [-0.05, 0) is 101 Å². The van der Waals surface area contributed by atoms with Crippen LogP contribution in [0.3, 0.4) is 0 Å². The maximum absolute atomic E-state index is 15.2. The summed E-state index contributed by atoms with van der Waals surface area (Å²) in [5.41, 5.74) is 7.09. The second-order valence-electron chi connectivity index (χ2n) is 14.7. The fourth-order valence-electron chi connectivity index (χ4n) is 8.64. The van der Waals surface area contributed by atoms with Gasteiger partial charge in [0.2, 0.25) is 11.8 Å². The molecule has 4 aliphatic carbocycles. The number of carbonyl (C=O) groups excluding carboxylic acids is 3. The van der Waals surface area contributed by atoms with Crippen LogP contribution in [0.15, 0.2) is 60.8 Å². The number of amides is 3. The van der Waals surface area contributed by atoms with Crippen LogP contribution in [0.25, 0.3) is 10.9 Å².